The average molecular weight is 274 g/mol. The molecular formula is C18H26O2. The monoisotopic (exact) mass is 274 g/mol. The van der Waals surface area contributed by atoms with E-state index in [0.717, 1.165) is 31.4 Å². The summed E-state index contributed by atoms with van der Waals surface area (Å²) in [5, 5.41) is 10.5. The van der Waals surface area contributed by atoms with Crippen molar-refractivity contribution in [3.8, 4) is 0 Å². The van der Waals surface area contributed by atoms with Crippen LogP contribution < -0.4 is 0 Å². The molecule has 2 fully saturated rings. The molecule has 2 nitrogen and oxygen atoms in total. The van der Waals surface area contributed by atoms with Crippen LogP contribution >= 0.6 is 0 Å². The summed E-state index contributed by atoms with van der Waals surface area (Å²) in [7, 11) is 0. The van der Waals surface area contributed by atoms with E-state index in [4.69, 9.17) is 4.74 Å². The minimum atomic E-state index is -0.322. The van der Waals surface area contributed by atoms with Gasteiger partial charge in [-0.2, -0.15) is 0 Å². The predicted octanol–water partition coefficient (Wildman–Crippen LogP) is 4.34. The summed E-state index contributed by atoms with van der Waals surface area (Å²) >= 11 is 0. The van der Waals surface area contributed by atoms with Crippen molar-refractivity contribution < 1.29 is 9.84 Å². The third kappa shape index (κ3) is 3.24. The highest BCUT2D eigenvalue weighted by Crippen LogP contribution is 2.40. The molecule has 2 atom stereocenters. The maximum Gasteiger partial charge on any atom is 0.0793 e. The van der Waals surface area contributed by atoms with Gasteiger partial charge in [0, 0.05) is 6.61 Å². The number of aliphatic hydroxyl groups excluding tert-OH is 1. The van der Waals surface area contributed by atoms with Crippen LogP contribution in [-0.4, -0.2) is 17.8 Å². The van der Waals surface area contributed by atoms with Gasteiger partial charge in [0.2, 0.25) is 0 Å². The zero-order chi connectivity index (χ0) is 13.8. The molecule has 0 aromatic heterocycles. The van der Waals surface area contributed by atoms with Gasteiger partial charge in [0.25, 0.3) is 0 Å². The number of benzene rings is 1. The van der Waals surface area contributed by atoms with Crippen LogP contribution in [0.15, 0.2) is 24.3 Å². The lowest BCUT2D eigenvalue weighted by atomic mass is 9.77. The van der Waals surface area contributed by atoms with Crippen molar-refractivity contribution >= 4 is 0 Å². The van der Waals surface area contributed by atoms with Crippen molar-refractivity contribution in [1.29, 1.82) is 0 Å². The van der Waals surface area contributed by atoms with Gasteiger partial charge in [-0.1, -0.05) is 30.7 Å². The van der Waals surface area contributed by atoms with E-state index in [-0.39, 0.29) is 6.10 Å². The molecule has 3 rings (SSSR count). The first-order valence-corrected chi connectivity index (χ1v) is 8.23. The lowest BCUT2D eigenvalue weighted by molar-refractivity contribution is 0.00203. The molecule has 1 N–H and O–H groups in total. The molecule has 1 aromatic rings. The minimum absolute atomic E-state index is 0.322. The van der Waals surface area contributed by atoms with E-state index in [9.17, 15) is 5.11 Å². The third-order valence-corrected chi connectivity index (χ3v) is 4.94. The van der Waals surface area contributed by atoms with Crippen molar-refractivity contribution in [2.24, 2.45) is 0 Å². The summed E-state index contributed by atoms with van der Waals surface area (Å²) in [5.41, 5.74) is 2.55. The van der Waals surface area contributed by atoms with E-state index >= 15 is 0 Å². The molecule has 0 radical (unpaired) electrons. The molecule has 1 aromatic carbocycles. The van der Waals surface area contributed by atoms with Crippen molar-refractivity contribution in [2.45, 2.75) is 69.5 Å². The molecule has 110 valence electrons. The first-order chi connectivity index (χ1) is 9.84. The molecule has 1 heterocycles. The Kier molecular flexibility index (Phi) is 4.74. The van der Waals surface area contributed by atoms with Crippen LogP contribution in [0.4, 0.5) is 0 Å². The fraction of sp³-hybridized carbons (Fsp3) is 0.667. The van der Waals surface area contributed by atoms with Gasteiger partial charge in [0.15, 0.2) is 0 Å². The molecular weight excluding hydrogens is 248 g/mol. The number of rotatable bonds is 5. The van der Waals surface area contributed by atoms with Crippen LogP contribution in [0.1, 0.15) is 74.5 Å². The van der Waals surface area contributed by atoms with Crippen LogP contribution in [0.3, 0.4) is 0 Å². The van der Waals surface area contributed by atoms with Crippen LogP contribution in [0.2, 0.25) is 0 Å². The Labute approximate surface area is 122 Å². The van der Waals surface area contributed by atoms with E-state index in [2.05, 4.69) is 24.3 Å². The molecule has 1 saturated heterocycles. The number of ether oxygens (including phenoxy) is 1. The molecule has 0 bridgehead atoms. The quantitative estimate of drug-likeness (QED) is 0.865. The Morgan fingerprint density at radius 3 is 2.65 bits per heavy atom. The van der Waals surface area contributed by atoms with Crippen LogP contribution in [0.25, 0.3) is 0 Å². The summed E-state index contributed by atoms with van der Waals surface area (Å²) in [6.45, 7) is 0.902. The fourth-order valence-corrected chi connectivity index (χ4v) is 3.44. The van der Waals surface area contributed by atoms with Gasteiger partial charge < -0.3 is 9.84 Å². The maximum atomic E-state index is 10.5. The van der Waals surface area contributed by atoms with Crippen molar-refractivity contribution in [3.63, 3.8) is 0 Å². The summed E-state index contributed by atoms with van der Waals surface area (Å²) < 4.78 is 5.76. The zero-order valence-electron chi connectivity index (χ0n) is 12.3. The number of aliphatic hydroxyl groups is 1. The topological polar surface area (TPSA) is 29.5 Å². The molecule has 2 heteroatoms. The normalized spacial score (nSPS) is 25.1. The van der Waals surface area contributed by atoms with Gasteiger partial charge in [0.1, 0.15) is 0 Å². The van der Waals surface area contributed by atoms with Gasteiger partial charge in [-0.3, -0.25) is 0 Å². The number of hydrogen-bond donors (Lipinski definition) is 1. The van der Waals surface area contributed by atoms with Gasteiger partial charge in [-0.05, 0) is 62.0 Å². The second kappa shape index (κ2) is 6.73. The molecule has 1 aliphatic heterocycles. The SMILES string of the molecule is OC(CCC1CCCCO1)c1ccccc1C1CCC1. The zero-order valence-corrected chi connectivity index (χ0v) is 12.3. The highest BCUT2D eigenvalue weighted by Gasteiger charge is 2.24. The van der Waals surface area contributed by atoms with Gasteiger partial charge in [-0.15, -0.1) is 0 Å². The molecule has 2 aliphatic rings. The second-order valence-electron chi connectivity index (χ2n) is 6.34. The van der Waals surface area contributed by atoms with Crippen LogP contribution in [0.5, 0.6) is 0 Å². The Balaban J connectivity index is 1.59. The highest BCUT2D eigenvalue weighted by molar-refractivity contribution is 5.33. The van der Waals surface area contributed by atoms with Crippen molar-refractivity contribution in [3.05, 3.63) is 35.4 Å². The molecule has 20 heavy (non-hydrogen) atoms. The van der Waals surface area contributed by atoms with Crippen LogP contribution in [0, 0.1) is 0 Å². The largest absolute Gasteiger partial charge is 0.388 e. The molecule has 0 spiro atoms. The Bertz CT molecular complexity index is 419. The molecule has 1 saturated carbocycles. The average Bonchev–Trinajstić information content (AvgIpc) is 2.45. The van der Waals surface area contributed by atoms with E-state index in [1.54, 1.807) is 0 Å². The van der Waals surface area contributed by atoms with Crippen LogP contribution in [-0.2, 0) is 4.74 Å². The van der Waals surface area contributed by atoms with Gasteiger partial charge in [0.05, 0.1) is 12.2 Å². The third-order valence-electron chi connectivity index (χ3n) is 4.94. The summed E-state index contributed by atoms with van der Waals surface area (Å²) in [5.74, 6) is 0.687. The summed E-state index contributed by atoms with van der Waals surface area (Å²) in [4.78, 5) is 0. The van der Waals surface area contributed by atoms with Gasteiger partial charge >= 0.3 is 0 Å². The Morgan fingerprint density at radius 2 is 1.95 bits per heavy atom. The van der Waals surface area contributed by atoms with E-state index in [0.29, 0.717) is 12.0 Å². The lowest BCUT2D eigenvalue weighted by Crippen LogP contribution is -2.20. The summed E-state index contributed by atoms with van der Waals surface area (Å²) in [6.07, 6.45) is 9.41. The standard InChI is InChI=1S/C18H26O2/c19-18(12-11-15-8-3-4-13-20-15)17-10-2-1-9-16(17)14-6-5-7-14/h1-2,9-10,14-15,18-19H,3-8,11-13H2. The first kappa shape index (κ1) is 14.1. The molecule has 1 aliphatic carbocycles. The van der Waals surface area contributed by atoms with E-state index in [1.807, 2.05) is 0 Å². The maximum absolute atomic E-state index is 10.5. The Morgan fingerprint density at radius 1 is 1.10 bits per heavy atom. The summed E-state index contributed by atoms with van der Waals surface area (Å²) in [6, 6.07) is 8.48. The smallest absolute Gasteiger partial charge is 0.0793 e. The second-order valence-corrected chi connectivity index (χ2v) is 6.34. The molecule has 0 amide bonds. The minimum Gasteiger partial charge on any atom is -0.388 e. The number of hydrogen-bond acceptors (Lipinski definition) is 2. The predicted molar refractivity (Wildman–Crippen MR) is 80.8 cm³/mol. The van der Waals surface area contributed by atoms with E-state index in [1.165, 1.54) is 37.7 Å². The molecule has 2 unspecified atom stereocenters. The first-order valence-electron chi connectivity index (χ1n) is 8.23. The fourth-order valence-electron chi connectivity index (χ4n) is 3.44. The van der Waals surface area contributed by atoms with Crippen molar-refractivity contribution in [2.75, 3.05) is 6.61 Å². The van der Waals surface area contributed by atoms with Crippen molar-refractivity contribution in [1.82, 2.24) is 0 Å². The van der Waals surface area contributed by atoms with Gasteiger partial charge in [-0.25, -0.2) is 0 Å². The Hall–Kier alpha value is -0.860. The van der Waals surface area contributed by atoms with E-state index < -0.39 is 0 Å². The lowest BCUT2D eigenvalue weighted by Gasteiger charge is -2.30. The highest BCUT2D eigenvalue weighted by atomic mass is 16.5.